The molecule has 0 atom stereocenters. The third-order valence-electron chi connectivity index (χ3n) is 5.76. The van der Waals surface area contributed by atoms with Gasteiger partial charge in [-0.3, -0.25) is 0 Å². The molecule has 0 heterocycles. The lowest BCUT2D eigenvalue weighted by molar-refractivity contribution is 1.28. The molecule has 2 heteroatoms. The fourth-order valence-electron chi connectivity index (χ4n) is 4.01. The topological polar surface area (TPSA) is 3.24 Å². The van der Waals surface area contributed by atoms with Crippen molar-refractivity contribution in [2.24, 2.45) is 0 Å². The number of hydrogen-bond donors (Lipinski definition) is 0. The highest BCUT2D eigenvalue weighted by molar-refractivity contribution is 6.32. The second-order valence-corrected chi connectivity index (χ2v) is 8.00. The molecule has 0 fully saturated rings. The lowest BCUT2D eigenvalue weighted by atomic mass is 9.93. The van der Waals surface area contributed by atoms with Crippen molar-refractivity contribution in [3.8, 4) is 22.3 Å². The SMILES string of the molecule is Bc1ccc(-c2ccc(N(c3ccccc3)c3ccc(-c4ccccc4)cc3)cc2)cc1. The Morgan fingerprint density at radius 3 is 1.16 bits per heavy atom. The van der Waals surface area contributed by atoms with Crippen LogP contribution in [0.4, 0.5) is 17.1 Å². The summed E-state index contributed by atoms with van der Waals surface area (Å²) in [5.74, 6) is 0. The molecular formula is C30H24BN. The zero-order chi connectivity index (χ0) is 21.8. The van der Waals surface area contributed by atoms with Gasteiger partial charge in [0.1, 0.15) is 7.85 Å². The van der Waals surface area contributed by atoms with Gasteiger partial charge in [-0.1, -0.05) is 103 Å². The Bertz CT molecular complexity index is 1280. The quantitative estimate of drug-likeness (QED) is 0.290. The van der Waals surface area contributed by atoms with E-state index in [1.54, 1.807) is 0 Å². The van der Waals surface area contributed by atoms with Crippen LogP contribution in [0.3, 0.4) is 0 Å². The molecule has 0 aromatic heterocycles. The summed E-state index contributed by atoms with van der Waals surface area (Å²) in [4.78, 5) is 2.30. The van der Waals surface area contributed by atoms with E-state index < -0.39 is 0 Å². The molecule has 0 aliphatic rings. The van der Waals surface area contributed by atoms with Gasteiger partial charge in [0.2, 0.25) is 0 Å². The van der Waals surface area contributed by atoms with Gasteiger partial charge in [-0.15, -0.1) is 0 Å². The molecule has 0 aliphatic heterocycles. The molecule has 0 aliphatic carbocycles. The monoisotopic (exact) mass is 409 g/mol. The Labute approximate surface area is 191 Å². The number of rotatable bonds is 5. The first kappa shape index (κ1) is 19.9. The average Bonchev–Trinajstić information content (AvgIpc) is 2.87. The summed E-state index contributed by atoms with van der Waals surface area (Å²) in [6.07, 6.45) is 0. The van der Waals surface area contributed by atoms with Crippen LogP contribution in [0, 0.1) is 0 Å². The Hall–Kier alpha value is -4.04. The molecule has 1 nitrogen and oxygen atoms in total. The van der Waals surface area contributed by atoms with E-state index in [0.717, 1.165) is 17.1 Å². The van der Waals surface area contributed by atoms with E-state index in [1.165, 1.54) is 27.7 Å². The first-order valence-electron chi connectivity index (χ1n) is 11.0. The van der Waals surface area contributed by atoms with Gasteiger partial charge in [-0.05, 0) is 58.7 Å². The van der Waals surface area contributed by atoms with Gasteiger partial charge < -0.3 is 4.90 Å². The summed E-state index contributed by atoms with van der Waals surface area (Å²) in [7, 11) is 2.12. The molecule has 5 aromatic rings. The maximum atomic E-state index is 2.30. The highest BCUT2D eigenvalue weighted by Crippen LogP contribution is 2.36. The predicted molar refractivity (Wildman–Crippen MR) is 140 cm³/mol. The summed E-state index contributed by atoms with van der Waals surface area (Å²) in [5.41, 5.74) is 9.60. The zero-order valence-electron chi connectivity index (χ0n) is 18.1. The Morgan fingerprint density at radius 1 is 0.344 bits per heavy atom. The van der Waals surface area contributed by atoms with Crippen LogP contribution in [0.15, 0.2) is 133 Å². The van der Waals surface area contributed by atoms with Crippen LogP contribution in [0.1, 0.15) is 0 Å². The lowest BCUT2D eigenvalue weighted by Crippen LogP contribution is -2.09. The van der Waals surface area contributed by atoms with E-state index in [9.17, 15) is 0 Å². The van der Waals surface area contributed by atoms with Crippen LogP contribution in [0.2, 0.25) is 0 Å². The Kier molecular flexibility index (Phi) is 5.59. The van der Waals surface area contributed by atoms with Gasteiger partial charge in [-0.25, -0.2) is 0 Å². The second-order valence-electron chi connectivity index (χ2n) is 8.00. The number of benzene rings is 5. The maximum Gasteiger partial charge on any atom is 0.139 e. The van der Waals surface area contributed by atoms with Gasteiger partial charge in [0.05, 0.1) is 0 Å². The highest BCUT2D eigenvalue weighted by Gasteiger charge is 2.12. The second kappa shape index (κ2) is 8.99. The van der Waals surface area contributed by atoms with E-state index in [1.807, 2.05) is 0 Å². The summed E-state index contributed by atoms with van der Waals surface area (Å²) in [5, 5.41) is 0. The van der Waals surface area contributed by atoms with Crippen LogP contribution in [0.25, 0.3) is 22.3 Å². The van der Waals surface area contributed by atoms with Crippen molar-refractivity contribution >= 4 is 30.4 Å². The van der Waals surface area contributed by atoms with E-state index in [4.69, 9.17) is 0 Å². The first-order chi connectivity index (χ1) is 15.8. The molecule has 0 radical (unpaired) electrons. The fourth-order valence-corrected chi connectivity index (χ4v) is 4.01. The van der Waals surface area contributed by atoms with Crippen molar-refractivity contribution in [1.29, 1.82) is 0 Å². The predicted octanol–water partition coefficient (Wildman–Crippen LogP) is 6.75. The number of anilines is 3. The largest absolute Gasteiger partial charge is 0.311 e. The van der Waals surface area contributed by atoms with Crippen LogP contribution >= 0.6 is 0 Å². The molecule has 152 valence electrons. The van der Waals surface area contributed by atoms with Gasteiger partial charge >= 0.3 is 0 Å². The normalized spacial score (nSPS) is 10.6. The molecule has 5 aromatic carbocycles. The summed E-state index contributed by atoms with van der Waals surface area (Å²) in [6, 6.07) is 47.3. The van der Waals surface area contributed by atoms with Crippen LogP contribution in [-0.4, -0.2) is 7.85 Å². The molecule has 32 heavy (non-hydrogen) atoms. The minimum absolute atomic E-state index is 1.14. The molecule has 5 rings (SSSR count). The van der Waals surface area contributed by atoms with Crippen molar-refractivity contribution in [2.45, 2.75) is 0 Å². The molecular weight excluding hydrogens is 385 g/mol. The van der Waals surface area contributed by atoms with E-state index in [0.29, 0.717) is 0 Å². The van der Waals surface area contributed by atoms with Crippen molar-refractivity contribution in [1.82, 2.24) is 0 Å². The number of para-hydroxylation sites is 1. The number of nitrogens with zero attached hydrogens (tertiary/aromatic N) is 1. The van der Waals surface area contributed by atoms with Crippen molar-refractivity contribution in [2.75, 3.05) is 4.90 Å². The van der Waals surface area contributed by atoms with Crippen LogP contribution in [-0.2, 0) is 0 Å². The molecule has 0 N–H and O–H groups in total. The first-order valence-corrected chi connectivity index (χ1v) is 11.0. The molecule has 0 spiro atoms. The smallest absolute Gasteiger partial charge is 0.139 e. The molecule has 0 saturated heterocycles. The van der Waals surface area contributed by atoms with Crippen LogP contribution in [0.5, 0.6) is 0 Å². The van der Waals surface area contributed by atoms with Gasteiger partial charge in [0, 0.05) is 17.1 Å². The van der Waals surface area contributed by atoms with E-state index in [2.05, 4.69) is 146 Å². The zero-order valence-corrected chi connectivity index (χ0v) is 18.1. The summed E-state index contributed by atoms with van der Waals surface area (Å²) >= 11 is 0. The summed E-state index contributed by atoms with van der Waals surface area (Å²) in [6.45, 7) is 0. The van der Waals surface area contributed by atoms with E-state index >= 15 is 0 Å². The molecule has 0 bridgehead atoms. The average molecular weight is 409 g/mol. The fraction of sp³-hybridized carbons (Fsp3) is 0. The minimum atomic E-state index is 1.14. The van der Waals surface area contributed by atoms with Crippen molar-refractivity contribution < 1.29 is 0 Å². The molecule has 0 amide bonds. The van der Waals surface area contributed by atoms with Gasteiger partial charge in [0.15, 0.2) is 0 Å². The summed E-state index contributed by atoms with van der Waals surface area (Å²) < 4.78 is 0. The lowest BCUT2D eigenvalue weighted by Gasteiger charge is -2.26. The number of hydrogen-bond acceptors (Lipinski definition) is 1. The minimum Gasteiger partial charge on any atom is -0.311 e. The van der Waals surface area contributed by atoms with Crippen LogP contribution < -0.4 is 10.4 Å². The third kappa shape index (κ3) is 4.21. The molecule has 0 unspecified atom stereocenters. The Balaban J connectivity index is 1.51. The Morgan fingerprint density at radius 2 is 0.688 bits per heavy atom. The highest BCUT2D eigenvalue weighted by atomic mass is 15.1. The van der Waals surface area contributed by atoms with Crippen molar-refractivity contribution in [3.63, 3.8) is 0 Å². The maximum absolute atomic E-state index is 2.30. The molecule has 0 saturated carbocycles. The van der Waals surface area contributed by atoms with E-state index in [-0.39, 0.29) is 0 Å². The third-order valence-corrected chi connectivity index (χ3v) is 5.76. The van der Waals surface area contributed by atoms with Crippen molar-refractivity contribution in [3.05, 3.63) is 133 Å². The standard InChI is InChI=1S/C30H24BN/c31-27-17-11-24(12-18-27)26-15-21-30(22-16-26)32(28-9-5-2-6-10-28)29-19-13-25(14-20-29)23-7-3-1-4-8-23/h1-22H,31H2. The van der Waals surface area contributed by atoms with Gasteiger partial charge in [0.25, 0.3) is 0 Å². The van der Waals surface area contributed by atoms with Gasteiger partial charge in [-0.2, -0.15) is 0 Å².